The van der Waals surface area contributed by atoms with Crippen LogP contribution in [0.25, 0.3) is 6.08 Å². The number of benzene rings is 1. The van der Waals surface area contributed by atoms with E-state index in [1.807, 2.05) is 11.8 Å². The Bertz CT molecular complexity index is 697. The number of phenolic OH excluding ortho intramolecular Hbond substituents is 1. The Hall–Kier alpha value is -1.44. The Kier molecular flexibility index (Phi) is 7.05. The topological polar surface area (TPSA) is 47.3 Å². The maximum absolute atomic E-state index is 10.9. The Morgan fingerprint density at radius 1 is 1.15 bits per heavy atom. The highest BCUT2D eigenvalue weighted by molar-refractivity contribution is 8.03. The van der Waals surface area contributed by atoms with Crippen LogP contribution in [0.15, 0.2) is 17.0 Å². The first-order valence-corrected chi connectivity index (χ1v) is 10.8. The molecule has 1 aliphatic heterocycles. The summed E-state index contributed by atoms with van der Waals surface area (Å²) in [4.78, 5) is 3.80. The summed E-state index contributed by atoms with van der Waals surface area (Å²) in [6.45, 7) is 15.9. The number of nitriles is 1. The SMILES string of the molecule is CC(C)(C)c1cc(C=C2CN(CCCC#N)CCS2)cc(C(C)(C)C)c1O. The first kappa shape index (κ1) is 21.9. The van der Waals surface area contributed by atoms with Crippen LogP contribution >= 0.6 is 11.8 Å². The molecule has 0 bridgehead atoms. The van der Waals surface area contributed by atoms with Crippen molar-refractivity contribution in [2.45, 2.75) is 65.2 Å². The van der Waals surface area contributed by atoms with Gasteiger partial charge in [-0.2, -0.15) is 5.26 Å². The van der Waals surface area contributed by atoms with Gasteiger partial charge in [0.25, 0.3) is 0 Å². The van der Waals surface area contributed by atoms with E-state index in [9.17, 15) is 5.11 Å². The molecular formula is C23H34N2OS. The first-order valence-electron chi connectivity index (χ1n) is 9.83. The lowest BCUT2D eigenvalue weighted by Crippen LogP contribution is -2.32. The third-order valence-electron chi connectivity index (χ3n) is 4.91. The van der Waals surface area contributed by atoms with Crippen LogP contribution in [0, 0.1) is 11.3 Å². The van der Waals surface area contributed by atoms with Gasteiger partial charge in [-0.1, -0.05) is 41.5 Å². The molecule has 1 N–H and O–H groups in total. The van der Waals surface area contributed by atoms with Crippen LogP contribution in [-0.4, -0.2) is 35.4 Å². The van der Waals surface area contributed by atoms with Crippen molar-refractivity contribution in [3.63, 3.8) is 0 Å². The van der Waals surface area contributed by atoms with E-state index in [4.69, 9.17) is 5.26 Å². The predicted octanol–water partition coefficient (Wildman–Crippen LogP) is 5.68. The van der Waals surface area contributed by atoms with Crippen molar-refractivity contribution in [3.8, 4) is 11.8 Å². The average Bonchev–Trinajstić information content (AvgIpc) is 2.55. The predicted molar refractivity (Wildman–Crippen MR) is 117 cm³/mol. The van der Waals surface area contributed by atoms with Crippen molar-refractivity contribution < 1.29 is 5.11 Å². The smallest absolute Gasteiger partial charge is 0.123 e. The molecule has 0 spiro atoms. The summed E-state index contributed by atoms with van der Waals surface area (Å²) < 4.78 is 0. The monoisotopic (exact) mass is 386 g/mol. The molecule has 1 aliphatic rings. The van der Waals surface area contributed by atoms with E-state index in [1.165, 1.54) is 10.5 Å². The van der Waals surface area contributed by atoms with Gasteiger partial charge in [-0.25, -0.2) is 0 Å². The van der Waals surface area contributed by atoms with Crippen LogP contribution in [0.1, 0.15) is 71.1 Å². The minimum absolute atomic E-state index is 0.109. The molecule has 1 fully saturated rings. The largest absolute Gasteiger partial charge is 0.507 e. The molecule has 0 aliphatic carbocycles. The van der Waals surface area contributed by atoms with Gasteiger partial charge < -0.3 is 5.11 Å². The molecule has 0 saturated carbocycles. The lowest BCUT2D eigenvalue weighted by Gasteiger charge is -2.29. The summed E-state index contributed by atoms with van der Waals surface area (Å²) in [6.07, 6.45) is 3.85. The summed E-state index contributed by atoms with van der Waals surface area (Å²) in [5, 5.41) is 19.6. The maximum Gasteiger partial charge on any atom is 0.123 e. The fourth-order valence-corrected chi connectivity index (χ4v) is 4.49. The number of phenols is 1. The van der Waals surface area contributed by atoms with Gasteiger partial charge in [-0.3, -0.25) is 4.90 Å². The van der Waals surface area contributed by atoms with Gasteiger partial charge in [0, 0.05) is 36.4 Å². The molecule has 1 aromatic carbocycles. The highest BCUT2D eigenvalue weighted by Crippen LogP contribution is 2.40. The maximum atomic E-state index is 10.9. The lowest BCUT2D eigenvalue weighted by molar-refractivity contribution is 0.312. The van der Waals surface area contributed by atoms with E-state index in [-0.39, 0.29) is 10.8 Å². The molecule has 1 heterocycles. The lowest BCUT2D eigenvalue weighted by atomic mass is 9.78. The van der Waals surface area contributed by atoms with Crippen LogP contribution < -0.4 is 0 Å². The fourth-order valence-electron chi connectivity index (χ4n) is 3.38. The summed E-state index contributed by atoms with van der Waals surface area (Å²) in [5.41, 5.74) is 2.97. The molecule has 0 aromatic heterocycles. The molecule has 4 heteroatoms. The zero-order chi connectivity index (χ0) is 20.2. The van der Waals surface area contributed by atoms with Crippen molar-refractivity contribution in [3.05, 3.63) is 33.7 Å². The van der Waals surface area contributed by atoms with E-state index in [2.05, 4.69) is 70.7 Å². The Balaban J connectivity index is 2.34. The van der Waals surface area contributed by atoms with Gasteiger partial charge in [-0.05, 0) is 52.5 Å². The second-order valence-corrected chi connectivity index (χ2v) is 10.7. The van der Waals surface area contributed by atoms with Crippen LogP contribution in [0.4, 0.5) is 0 Å². The molecule has 0 atom stereocenters. The minimum atomic E-state index is -0.109. The standard InChI is InChI=1S/C23H34N2OS/c1-22(2,3)19-14-17(15-20(21(19)26)23(4,5)6)13-18-16-25(11-12-27-18)10-8-7-9-24/h13-15,26H,7-8,10-12,16H2,1-6H3. The molecular weight excluding hydrogens is 352 g/mol. The molecule has 148 valence electrons. The van der Waals surface area contributed by atoms with E-state index in [1.54, 1.807) is 0 Å². The Morgan fingerprint density at radius 3 is 2.26 bits per heavy atom. The number of nitrogens with zero attached hydrogens (tertiary/aromatic N) is 2. The van der Waals surface area contributed by atoms with Gasteiger partial charge in [-0.15, -0.1) is 11.8 Å². The van der Waals surface area contributed by atoms with Gasteiger partial charge in [0.1, 0.15) is 5.75 Å². The minimum Gasteiger partial charge on any atom is -0.507 e. The van der Waals surface area contributed by atoms with Gasteiger partial charge >= 0.3 is 0 Å². The van der Waals surface area contributed by atoms with Crippen molar-refractivity contribution in [1.82, 2.24) is 4.90 Å². The van der Waals surface area contributed by atoms with Crippen LogP contribution in [0.3, 0.4) is 0 Å². The molecule has 1 aromatic rings. The summed E-state index contributed by atoms with van der Waals surface area (Å²) in [7, 11) is 0. The van der Waals surface area contributed by atoms with E-state index < -0.39 is 0 Å². The number of rotatable bonds is 4. The second kappa shape index (κ2) is 8.71. The highest BCUT2D eigenvalue weighted by Gasteiger charge is 2.26. The normalized spacial score (nSPS) is 17.9. The van der Waals surface area contributed by atoms with Crippen molar-refractivity contribution in [1.29, 1.82) is 5.26 Å². The third-order valence-corrected chi connectivity index (χ3v) is 5.92. The van der Waals surface area contributed by atoms with E-state index in [0.717, 1.165) is 42.9 Å². The average molecular weight is 387 g/mol. The summed E-state index contributed by atoms with van der Waals surface area (Å²) in [5.74, 6) is 1.53. The Labute approximate surface area is 169 Å². The molecule has 2 rings (SSSR count). The number of hydrogen-bond acceptors (Lipinski definition) is 4. The van der Waals surface area contributed by atoms with Crippen molar-refractivity contribution >= 4 is 17.8 Å². The van der Waals surface area contributed by atoms with E-state index >= 15 is 0 Å². The molecule has 3 nitrogen and oxygen atoms in total. The third kappa shape index (κ3) is 6.02. The summed E-state index contributed by atoms with van der Waals surface area (Å²) in [6, 6.07) is 6.53. The van der Waals surface area contributed by atoms with Gasteiger partial charge in [0.2, 0.25) is 0 Å². The van der Waals surface area contributed by atoms with Crippen molar-refractivity contribution in [2.24, 2.45) is 0 Å². The second-order valence-electron chi connectivity index (χ2n) is 9.46. The molecule has 1 saturated heterocycles. The number of unbranched alkanes of at least 4 members (excludes halogenated alkanes) is 1. The fraction of sp³-hybridized carbons (Fsp3) is 0.609. The van der Waals surface area contributed by atoms with Gasteiger partial charge in [0.15, 0.2) is 0 Å². The number of aromatic hydroxyl groups is 1. The molecule has 27 heavy (non-hydrogen) atoms. The van der Waals surface area contributed by atoms with E-state index in [0.29, 0.717) is 12.2 Å². The van der Waals surface area contributed by atoms with Crippen molar-refractivity contribution in [2.75, 3.05) is 25.4 Å². The zero-order valence-corrected chi connectivity index (χ0v) is 18.5. The zero-order valence-electron chi connectivity index (χ0n) is 17.7. The number of thioether (sulfide) groups is 1. The van der Waals surface area contributed by atoms with Crippen LogP contribution in [-0.2, 0) is 10.8 Å². The van der Waals surface area contributed by atoms with Crippen LogP contribution in [0.2, 0.25) is 0 Å². The highest BCUT2D eigenvalue weighted by atomic mass is 32.2. The summed E-state index contributed by atoms with van der Waals surface area (Å²) >= 11 is 1.92. The Morgan fingerprint density at radius 2 is 1.74 bits per heavy atom. The first-order chi connectivity index (χ1) is 12.5. The number of hydrogen-bond donors (Lipinski definition) is 1. The quantitative estimate of drug-likeness (QED) is 0.676. The molecule has 0 radical (unpaired) electrons. The van der Waals surface area contributed by atoms with Crippen LogP contribution in [0.5, 0.6) is 5.75 Å². The van der Waals surface area contributed by atoms with Gasteiger partial charge in [0.05, 0.1) is 6.07 Å². The molecule has 0 unspecified atom stereocenters. The molecule has 0 amide bonds.